The van der Waals surface area contributed by atoms with Crippen molar-refractivity contribution in [3.63, 3.8) is 0 Å². The first kappa shape index (κ1) is 16.3. The predicted molar refractivity (Wildman–Crippen MR) is 99.5 cm³/mol. The van der Waals surface area contributed by atoms with Gasteiger partial charge in [0.2, 0.25) is 0 Å². The highest BCUT2D eigenvalue weighted by Crippen LogP contribution is 2.23. The lowest BCUT2D eigenvalue weighted by Crippen LogP contribution is -2.49. The number of likely N-dealkylation sites (tertiary alicyclic amines) is 1. The molecule has 0 aliphatic carbocycles. The van der Waals surface area contributed by atoms with Gasteiger partial charge in [0.1, 0.15) is 0 Å². The summed E-state index contributed by atoms with van der Waals surface area (Å²) in [6.07, 6.45) is 1.28. The fourth-order valence-electron chi connectivity index (χ4n) is 3.91. The van der Waals surface area contributed by atoms with E-state index in [1.54, 1.807) is 0 Å². The summed E-state index contributed by atoms with van der Waals surface area (Å²) in [5.41, 5.74) is 2.04. The first-order valence-corrected chi connectivity index (χ1v) is 9.26. The zero-order chi connectivity index (χ0) is 16.5. The molecular formula is C19H25ClN4. The lowest BCUT2D eigenvalue weighted by Gasteiger charge is -2.36. The summed E-state index contributed by atoms with van der Waals surface area (Å²) in [5.74, 6) is 0. The van der Waals surface area contributed by atoms with Gasteiger partial charge in [0.15, 0.2) is 0 Å². The molecule has 128 valence electrons. The number of hydrogen-bond acceptors (Lipinski definition) is 4. The molecule has 2 fully saturated rings. The van der Waals surface area contributed by atoms with Gasteiger partial charge < -0.3 is 4.90 Å². The van der Waals surface area contributed by atoms with E-state index in [0.29, 0.717) is 6.04 Å². The number of likely N-dealkylation sites (N-methyl/N-ethyl adjacent to an activating group) is 1. The minimum absolute atomic E-state index is 0.711. The van der Waals surface area contributed by atoms with Crippen LogP contribution in [0.25, 0.3) is 10.9 Å². The summed E-state index contributed by atoms with van der Waals surface area (Å²) in [6, 6.07) is 11.0. The highest BCUT2D eigenvalue weighted by atomic mass is 35.5. The van der Waals surface area contributed by atoms with Crippen LogP contribution in [0.15, 0.2) is 30.3 Å². The van der Waals surface area contributed by atoms with E-state index in [0.717, 1.165) is 34.7 Å². The molecule has 2 aromatic rings. The van der Waals surface area contributed by atoms with Crippen molar-refractivity contribution >= 4 is 22.5 Å². The van der Waals surface area contributed by atoms with Crippen LogP contribution in [-0.2, 0) is 6.54 Å². The SMILES string of the molecule is CN1CCN([C@@H]2CCN(Cc3ccc4cccc(Cl)c4n3)C2)CC1. The molecule has 0 spiro atoms. The number of nitrogens with zero attached hydrogens (tertiary/aromatic N) is 4. The normalized spacial score (nSPS) is 24.0. The molecule has 0 unspecified atom stereocenters. The number of piperazine rings is 1. The van der Waals surface area contributed by atoms with Gasteiger partial charge in [0.25, 0.3) is 0 Å². The molecule has 1 atom stereocenters. The molecule has 2 aliphatic heterocycles. The molecule has 0 amide bonds. The molecule has 3 heterocycles. The van der Waals surface area contributed by atoms with E-state index in [1.807, 2.05) is 12.1 Å². The van der Waals surface area contributed by atoms with Gasteiger partial charge in [-0.2, -0.15) is 0 Å². The van der Waals surface area contributed by atoms with E-state index in [2.05, 4.69) is 39.9 Å². The summed E-state index contributed by atoms with van der Waals surface area (Å²) in [6.45, 7) is 8.05. The highest BCUT2D eigenvalue weighted by Gasteiger charge is 2.29. The molecule has 5 heteroatoms. The largest absolute Gasteiger partial charge is 0.304 e. The Morgan fingerprint density at radius 3 is 2.75 bits per heavy atom. The topological polar surface area (TPSA) is 22.6 Å². The van der Waals surface area contributed by atoms with E-state index in [4.69, 9.17) is 16.6 Å². The number of rotatable bonds is 3. The van der Waals surface area contributed by atoms with Crippen LogP contribution in [0, 0.1) is 0 Å². The Hall–Kier alpha value is -1.20. The Balaban J connectivity index is 1.40. The zero-order valence-corrected chi connectivity index (χ0v) is 15.0. The summed E-state index contributed by atoms with van der Waals surface area (Å²) >= 11 is 6.30. The molecule has 2 aliphatic rings. The average molecular weight is 345 g/mol. The van der Waals surface area contributed by atoms with Crippen LogP contribution in [0.3, 0.4) is 0 Å². The Kier molecular flexibility index (Phi) is 4.72. The number of fused-ring (bicyclic) bond motifs is 1. The van der Waals surface area contributed by atoms with Gasteiger partial charge in [-0.3, -0.25) is 9.80 Å². The third-order valence-corrected chi connectivity index (χ3v) is 5.72. The van der Waals surface area contributed by atoms with E-state index >= 15 is 0 Å². The summed E-state index contributed by atoms with van der Waals surface area (Å²) in [7, 11) is 2.22. The fourth-order valence-corrected chi connectivity index (χ4v) is 4.13. The van der Waals surface area contributed by atoms with Gasteiger partial charge in [-0.05, 0) is 25.6 Å². The van der Waals surface area contributed by atoms with Crippen LogP contribution in [0.1, 0.15) is 12.1 Å². The lowest BCUT2D eigenvalue weighted by atomic mass is 10.2. The summed E-state index contributed by atoms with van der Waals surface area (Å²) in [4.78, 5) is 12.4. The number of pyridine rings is 1. The number of aromatic nitrogens is 1. The second-order valence-corrected chi connectivity index (χ2v) is 7.54. The molecule has 4 nitrogen and oxygen atoms in total. The number of hydrogen-bond donors (Lipinski definition) is 0. The van der Waals surface area contributed by atoms with Crippen molar-refractivity contribution in [1.82, 2.24) is 19.7 Å². The Morgan fingerprint density at radius 1 is 1.08 bits per heavy atom. The molecule has 0 radical (unpaired) electrons. The van der Waals surface area contributed by atoms with Crippen molar-refractivity contribution in [2.75, 3.05) is 46.3 Å². The third kappa shape index (κ3) is 3.42. The Morgan fingerprint density at radius 2 is 1.92 bits per heavy atom. The highest BCUT2D eigenvalue weighted by molar-refractivity contribution is 6.35. The standard InChI is InChI=1S/C19H25ClN4/c1-22-9-11-24(12-10-22)17-7-8-23(14-17)13-16-6-5-15-3-2-4-18(20)19(15)21-16/h2-6,17H,7-14H2,1H3/t17-/m1/s1. The molecule has 0 N–H and O–H groups in total. The second-order valence-electron chi connectivity index (χ2n) is 7.13. The molecular weight excluding hydrogens is 320 g/mol. The minimum Gasteiger partial charge on any atom is -0.304 e. The first-order valence-electron chi connectivity index (χ1n) is 8.88. The molecule has 0 saturated carbocycles. The number of benzene rings is 1. The van der Waals surface area contributed by atoms with Gasteiger partial charge >= 0.3 is 0 Å². The first-order chi connectivity index (χ1) is 11.7. The van der Waals surface area contributed by atoms with Crippen molar-refractivity contribution < 1.29 is 0 Å². The van der Waals surface area contributed by atoms with E-state index in [9.17, 15) is 0 Å². The summed E-state index contributed by atoms with van der Waals surface area (Å²) in [5, 5.41) is 1.86. The van der Waals surface area contributed by atoms with Gasteiger partial charge in [-0.1, -0.05) is 29.8 Å². The molecule has 1 aromatic carbocycles. The van der Waals surface area contributed by atoms with E-state index in [1.165, 1.54) is 39.1 Å². The van der Waals surface area contributed by atoms with Gasteiger partial charge in [-0.15, -0.1) is 0 Å². The maximum atomic E-state index is 6.30. The Bertz CT molecular complexity index is 712. The van der Waals surface area contributed by atoms with E-state index in [-0.39, 0.29) is 0 Å². The number of para-hydroxylation sites is 1. The smallest absolute Gasteiger partial charge is 0.0891 e. The molecule has 1 aromatic heterocycles. The third-order valence-electron chi connectivity index (χ3n) is 5.42. The van der Waals surface area contributed by atoms with Gasteiger partial charge in [0, 0.05) is 57.2 Å². The fraction of sp³-hybridized carbons (Fsp3) is 0.526. The molecule has 0 bridgehead atoms. The van der Waals surface area contributed by atoms with Crippen LogP contribution in [0.4, 0.5) is 0 Å². The monoisotopic (exact) mass is 344 g/mol. The van der Waals surface area contributed by atoms with Crippen molar-refractivity contribution in [1.29, 1.82) is 0 Å². The van der Waals surface area contributed by atoms with Crippen LogP contribution in [-0.4, -0.2) is 72.0 Å². The predicted octanol–water partition coefficient (Wildman–Crippen LogP) is 2.71. The van der Waals surface area contributed by atoms with Crippen LogP contribution in [0.5, 0.6) is 0 Å². The van der Waals surface area contributed by atoms with Crippen molar-refractivity contribution in [2.24, 2.45) is 0 Å². The van der Waals surface area contributed by atoms with Crippen LogP contribution in [0.2, 0.25) is 5.02 Å². The Labute approximate surface area is 149 Å². The number of halogens is 1. The van der Waals surface area contributed by atoms with Crippen molar-refractivity contribution in [3.8, 4) is 0 Å². The maximum absolute atomic E-state index is 6.30. The maximum Gasteiger partial charge on any atom is 0.0891 e. The average Bonchev–Trinajstić information content (AvgIpc) is 3.05. The van der Waals surface area contributed by atoms with Crippen LogP contribution >= 0.6 is 11.6 Å². The molecule has 2 saturated heterocycles. The van der Waals surface area contributed by atoms with E-state index < -0.39 is 0 Å². The van der Waals surface area contributed by atoms with Gasteiger partial charge in [0.05, 0.1) is 16.2 Å². The quantitative estimate of drug-likeness (QED) is 0.853. The lowest BCUT2D eigenvalue weighted by molar-refractivity contribution is 0.112. The summed E-state index contributed by atoms with van der Waals surface area (Å²) < 4.78 is 0. The minimum atomic E-state index is 0.711. The second kappa shape index (κ2) is 6.96. The van der Waals surface area contributed by atoms with Gasteiger partial charge in [-0.25, -0.2) is 4.98 Å². The molecule has 24 heavy (non-hydrogen) atoms. The van der Waals surface area contributed by atoms with Crippen LogP contribution < -0.4 is 0 Å². The zero-order valence-electron chi connectivity index (χ0n) is 14.3. The molecule has 4 rings (SSSR count). The van der Waals surface area contributed by atoms with Crippen molar-refractivity contribution in [3.05, 3.63) is 41.0 Å². The van der Waals surface area contributed by atoms with Crippen molar-refractivity contribution in [2.45, 2.75) is 19.0 Å².